The van der Waals surface area contributed by atoms with Crippen LogP contribution in [-0.4, -0.2) is 38.9 Å². The summed E-state index contributed by atoms with van der Waals surface area (Å²) in [6.07, 6.45) is -0.472. The lowest BCUT2D eigenvalue weighted by molar-refractivity contribution is -0.145. The van der Waals surface area contributed by atoms with Gasteiger partial charge in [0.25, 0.3) is 0 Å². The standard InChI is InChI=1S/C13H14O6/c1-16-9-5-3-4-8(11(9)17-2)12(14)19-10-6-7-18-13(10)15/h3-5,10H,6-7H2,1-2H3/t10-/m0/s1. The van der Waals surface area contributed by atoms with Crippen LogP contribution < -0.4 is 9.47 Å². The maximum atomic E-state index is 12.0. The summed E-state index contributed by atoms with van der Waals surface area (Å²) in [6, 6.07) is 4.86. The average molecular weight is 266 g/mol. The van der Waals surface area contributed by atoms with Gasteiger partial charge in [-0.25, -0.2) is 9.59 Å². The lowest BCUT2D eigenvalue weighted by atomic mass is 10.2. The summed E-state index contributed by atoms with van der Waals surface area (Å²) in [7, 11) is 2.90. The fourth-order valence-electron chi connectivity index (χ4n) is 1.82. The third-order valence-electron chi connectivity index (χ3n) is 2.76. The molecule has 1 aliphatic rings. The van der Waals surface area contributed by atoms with E-state index in [1.807, 2.05) is 0 Å². The van der Waals surface area contributed by atoms with Gasteiger partial charge < -0.3 is 18.9 Å². The summed E-state index contributed by atoms with van der Waals surface area (Å²) < 4.78 is 20.1. The molecule has 0 spiro atoms. The van der Waals surface area contributed by atoms with Crippen molar-refractivity contribution in [1.29, 1.82) is 0 Å². The summed E-state index contributed by atoms with van der Waals surface area (Å²) >= 11 is 0. The van der Waals surface area contributed by atoms with Crippen molar-refractivity contribution >= 4 is 11.9 Å². The molecule has 6 nitrogen and oxygen atoms in total. The summed E-state index contributed by atoms with van der Waals surface area (Å²) in [5.41, 5.74) is 0.210. The zero-order valence-electron chi connectivity index (χ0n) is 10.7. The topological polar surface area (TPSA) is 71.1 Å². The van der Waals surface area contributed by atoms with Crippen LogP contribution in [0.4, 0.5) is 0 Å². The predicted molar refractivity (Wildman–Crippen MR) is 64.3 cm³/mol. The number of para-hydroxylation sites is 1. The van der Waals surface area contributed by atoms with E-state index in [2.05, 4.69) is 0 Å². The molecule has 0 unspecified atom stereocenters. The fourth-order valence-corrected chi connectivity index (χ4v) is 1.82. The molecule has 2 rings (SSSR count). The highest BCUT2D eigenvalue weighted by molar-refractivity contribution is 5.95. The van der Waals surface area contributed by atoms with E-state index in [4.69, 9.17) is 18.9 Å². The van der Waals surface area contributed by atoms with Crippen molar-refractivity contribution in [1.82, 2.24) is 0 Å². The van der Waals surface area contributed by atoms with E-state index in [0.29, 0.717) is 12.2 Å². The molecular weight excluding hydrogens is 252 g/mol. The number of carbonyl (C=O) groups is 2. The van der Waals surface area contributed by atoms with E-state index in [-0.39, 0.29) is 17.9 Å². The normalized spacial score (nSPS) is 17.8. The average Bonchev–Trinajstić information content (AvgIpc) is 2.83. The van der Waals surface area contributed by atoms with Crippen molar-refractivity contribution in [2.45, 2.75) is 12.5 Å². The first kappa shape index (κ1) is 13.2. The minimum Gasteiger partial charge on any atom is -0.493 e. The van der Waals surface area contributed by atoms with E-state index in [1.165, 1.54) is 14.2 Å². The summed E-state index contributed by atoms with van der Waals surface area (Å²) in [5, 5.41) is 0. The number of benzene rings is 1. The molecule has 19 heavy (non-hydrogen) atoms. The van der Waals surface area contributed by atoms with Crippen molar-refractivity contribution in [2.24, 2.45) is 0 Å². The van der Waals surface area contributed by atoms with Crippen molar-refractivity contribution in [3.05, 3.63) is 23.8 Å². The monoisotopic (exact) mass is 266 g/mol. The second-order valence-electron chi connectivity index (χ2n) is 3.89. The van der Waals surface area contributed by atoms with Gasteiger partial charge in [0, 0.05) is 6.42 Å². The first-order valence-corrected chi connectivity index (χ1v) is 5.76. The van der Waals surface area contributed by atoms with Crippen LogP contribution in [0.5, 0.6) is 11.5 Å². The highest BCUT2D eigenvalue weighted by atomic mass is 16.6. The third-order valence-corrected chi connectivity index (χ3v) is 2.76. The summed E-state index contributed by atoms with van der Waals surface area (Å²) in [5.74, 6) is -0.456. The van der Waals surface area contributed by atoms with Crippen LogP contribution in [0.15, 0.2) is 18.2 Å². The van der Waals surface area contributed by atoms with Crippen molar-refractivity contribution in [3.63, 3.8) is 0 Å². The molecule has 0 aromatic heterocycles. The molecule has 1 saturated heterocycles. The van der Waals surface area contributed by atoms with Crippen LogP contribution in [0.2, 0.25) is 0 Å². The zero-order chi connectivity index (χ0) is 13.8. The number of rotatable bonds is 4. The van der Waals surface area contributed by atoms with E-state index in [0.717, 1.165) is 0 Å². The van der Waals surface area contributed by atoms with Crippen LogP contribution >= 0.6 is 0 Å². The molecule has 1 heterocycles. The Morgan fingerprint density at radius 1 is 1.32 bits per heavy atom. The Morgan fingerprint density at radius 2 is 2.11 bits per heavy atom. The van der Waals surface area contributed by atoms with Crippen molar-refractivity contribution in [2.75, 3.05) is 20.8 Å². The maximum Gasteiger partial charge on any atom is 0.347 e. The first-order chi connectivity index (χ1) is 9.17. The maximum absolute atomic E-state index is 12.0. The number of carbonyl (C=O) groups excluding carboxylic acids is 2. The quantitative estimate of drug-likeness (QED) is 0.762. The molecule has 1 fully saturated rings. The van der Waals surface area contributed by atoms with E-state index in [1.54, 1.807) is 18.2 Å². The molecule has 1 aromatic rings. The van der Waals surface area contributed by atoms with Crippen molar-refractivity contribution < 1.29 is 28.5 Å². The molecule has 0 saturated carbocycles. The van der Waals surface area contributed by atoms with Gasteiger partial charge in [-0.05, 0) is 12.1 Å². The highest BCUT2D eigenvalue weighted by Crippen LogP contribution is 2.31. The van der Waals surface area contributed by atoms with E-state index in [9.17, 15) is 9.59 Å². The number of hydrogen-bond acceptors (Lipinski definition) is 6. The molecule has 0 bridgehead atoms. The number of hydrogen-bond donors (Lipinski definition) is 0. The van der Waals surface area contributed by atoms with Crippen LogP contribution in [0.25, 0.3) is 0 Å². The minimum atomic E-state index is -0.844. The van der Waals surface area contributed by atoms with Gasteiger partial charge in [-0.1, -0.05) is 6.07 Å². The Bertz CT molecular complexity index is 496. The van der Waals surface area contributed by atoms with Crippen LogP contribution in [0, 0.1) is 0 Å². The van der Waals surface area contributed by atoms with E-state index < -0.39 is 18.0 Å². The zero-order valence-corrected chi connectivity index (χ0v) is 10.7. The molecule has 1 aliphatic heterocycles. The second kappa shape index (κ2) is 5.60. The molecule has 0 aliphatic carbocycles. The molecule has 0 N–H and O–H groups in total. The van der Waals surface area contributed by atoms with Gasteiger partial charge >= 0.3 is 11.9 Å². The minimum absolute atomic E-state index is 0.210. The lowest BCUT2D eigenvalue weighted by Crippen LogP contribution is -2.23. The van der Waals surface area contributed by atoms with Gasteiger partial charge in [-0.3, -0.25) is 0 Å². The summed E-state index contributed by atoms with van der Waals surface area (Å²) in [4.78, 5) is 23.3. The number of ether oxygens (including phenoxy) is 4. The van der Waals surface area contributed by atoms with Crippen LogP contribution in [-0.2, 0) is 14.3 Å². The molecule has 102 valence electrons. The second-order valence-corrected chi connectivity index (χ2v) is 3.89. The van der Waals surface area contributed by atoms with Crippen LogP contribution in [0.3, 0.4) is 0 Å². The molecule has 1 aromatic carbocycles. The fraction of sp³-hybridized carbons (Fsp3) is 0.385. The molecular formula is C13H14O6. The lowest BCUT2D eigenvalue weighted by Gasteiger charge is -2.13. The SMILES string of the molecule is COc1cccc(C(=O)O[C@H]2CCOC2=O)c1OC. The third kappa shape index (κ3) is 2.62. The Hall–Kier alpha value is -2.24. The van der Waals surface area contributed by atoms with Gasteiger partial charge in [0.05, 0.1) is 20.8 Å². The van der Waals surface area contributed by atoms with Crippen molar-refractivity contribution in [3.8, 4) is 11.5 Å². The largest absolute Gasteiger partial charge is 0.493 e. The van der Waals surface area contributed by atoms with Gasteiger partial charge in [0.15, 0.2) is 11.5 Å². The van der Waals surface area contributed by atoms with Gasteiger partial charge in [0.1, 0.15) is 5.56 Å². The van der Waals surface area contributed by atoms with Gasteiger partial charge in [-0.2, -0.15) is 0 Å². The molecule has 0 radical (unpaired) electrons. The Morgan fingerprint density at radius 3 is 2.68 bits per heavy atom. The number of cyclic esters (lactones) is 1. The Balaban J connectivity index is 2.21. The van der Waals surface area contributed by atoms with Gasteiger partial charge in [0.2, 0.25) is 6.10 Å². The molecule has 6 heteroatoms. The number of esters is 2. The highest BCUT2D eigenvalue weighted by Gasteiger charge is 2.31. The number of methoxy groups -OCH3 is 2. The Kier molecular flexibility index (Phi) is 3.89. The predicted octanol–water partition coefficient (Wildman–Crippen LogP) is 1.18. The Labute approximate surface area is 110 Å². The van der Waals surface area contributed by atoms with Gasteiger partial charge in [-0.15, -0.1) is 0 Å². The molecule has 0 amide bonds. The van der Waals surface area contributed by atoms with Crippen LogP contribution in [0.1, 0.15) is 16.8 Å². The smallest absolute Gasteiger partial charge is 0.347 e. The summed E-state index contributed by atoms with van der Waals surface area (Å²) in [6.45, 7) is 0.270. The molecule has 1 atom stereocenters. The first-order valence-electron chi connectivity index (χ1n) is 5.76. The van der Waals surface area contributed by atoms with E-state index >= 15 is 0 Å².